The second-order valence-electron chi connectivity index (χ2n) is 3.97. The van der Waals surface area contributed by atoms with E-state index in [9.17, 15) is 9.59 Å². The molecule has 100 valence electrons. The van der Waals surface area contributed by atoms with E-state index in [4.69, 9.17) is 5.11 Å². The maximum atomic E-state index is 11.8. The smallest absolute Gasteiger partial charge is 0.325 e. The highest BCUT2D eigenvalue weighted by atomic mass is 32.1. The van der Waals surface area contributed by atoms with Crippen molar-refractivity contribution in [3.05, 3.63) is 23.5 Å². The standard InChI is InChI=1S/C11H12N4O3S/c1-6(11(17)18)13-9(16)8-5-19-10(14-8)7-3-12-15(2)4-7/h3-6H,1-2H3,(H,13,16)(H,17,18)/t6-/m0/s1. The lowest BCUT2D eigenvalue weighted by Crippen LogP contribution is -2.38. The zero-order valence-electron chi connectivity index (χ0n) is 10.3. The van der Waals surface area contributed by atoms with Gasteiger partial charge in [-0.3, -0.25) is 14.3 Å². The Balaban J connectivity index is 2.13. The summed E-state index contributed by atoms with van der Waals surface area (Å²) in [5.41, 5.74) is 1.02. The summed E-state index contributed by atoms with van der Waals surface area (Å²) in [7, 11) is 1.79. The SMILES string of the molecule is C[C@H](NC(=O)c1csc(-c2cnn(C)c2)n1)C(=O)O. The largest absolute Gasteiger partial charge is 0.480 e. The lowest BCUT2D eigenvalue weighted by atomic mass is 10.3. The molecule has 0 saturated heterocycles. The Kier molecular flexibility index (Phi) is 3.61. The van der Waals surface area contributed by atoms with Gasteiger partial charge < -0.3 is 10.4 Å². The highest BCUT2D eigenvalue weighted by molar-refractivity contribution is 7.13. The minimum absolute atomic E-state index is 0.206. The van der Waals surface area contributed by atoms with E-state index in [1.807, 2.05) is 0 Å². The Morgan fingerprint density at radius 2 is 2.26 bits per heavy atom. The molecule has 0 fully saturated rings. The van der Waals surface area contributed by atoms with Crippen molar-refractivity contribution in [2.75, 3.05) is 0 Å². The number of hydrogen-bond acceptors (Lipinski definition) is 5. The van der Waals surface area contributed by atoms with Crippen LogP contribution in [0.4, 0.5) is 0 Å². The van der Waals surface area contributed by atoms with Crippen molar-refractivity contribution in [1.82, 2.24) is 20.1 Å². The Bertz CT molecular complexity index is 619. The van der Waals surface area contributed by atoms with Gasteiger partial charge in [-0.2, -0.15) is 5.10 Å². The number of thiazole rings is 1. The molecule has 7 nitrogen and oxygen atoms in total. The van der Waals surface area contributed by atoms with Gasteiger partial charge in [0, 0.05) is 24.2 Å². The number of carboxylic acids is 1. The lowest BCUT2D eigenvalue weighted by molar-refractivity contribution is -0.138. The molecule has 8 heteroatoms. The molecular weight excluding hydrogens is 268 g/mol. The first kappa shape index (κ1) is 13.2. The maximum absolute atomic E-state index is 11.8. The van der Waals surface area contributed by atoms with Gasteiger partial charge in [0.2, 0.25) is 0 Å². The van der Waals surface area contributed by atoms with Crippen molar-refractivity contribution in [3.63, 3.8) is 0 Å². The molecule has 0 spiro atoms. The molecular formula is C11H12N4O3S. The number of nitrogens with one attached hydrogen (secondary N) is 1. The quantitative estimate of drug-likeness (QED) is 0.861. The van der Waals surface area contributed by atoms with Crippen LogP contribution in [0.25, 0.3) is 10.6 Å². The summed E-state index contributed by atoms with van der Waals surface area (Å²) in [4.78, 5) is 26.6. The minimum atomic E-state index is -1.09. The van der Waals surface area contributed by atoms with Crippen LogP contribution in [0.15, 0.2) is 17.8 Å². The van der Waals surface area contributed by atoms with Gasteiger partial charge in [-0.05, 0) is 6.92 Å². The summed E-state index contributed by atoms with van der Waals surface area (Å²) in [6.45, 7) is 1.40. The van der Waals surface area contributed by atoms with Crippen LogP contribution in [0.2, 0.25) is 0 Å². The summed E-state index contributed by atoms with van der Waals surface area (Å²) in [5.74, 6) is -1.59. The third-order valence-electron chi connectivity index (χ3n) is 2.41. The normalized spacial score (nSPS) is 12.1. The average molecular weight is 280 g/mol. The number of carbonyl (C=O) groups excluding carboxylic acids is 1. The monoisotopic (exact) mass is 280 g/mol. The average Bonchev–Trinajstić information content (AvgIpc) is 2.96. The number of carboxylic acid groups (broad SMARTS) is 1. The zero-order valence-corrected chi connectivity index (χ0v) is 11.1. The van der Waals surface area contributed by atoms with Crippen molar-refractivity contribution >= 4 is 23.2 Å². The third-order valence-corrected chi connectivity index (χ3v) is 3.30. The number of hydrogen-bond donors (Lipinski definition) is 2. The Morgan fingerprint density at radius 1 is 1.53 bits per heavy atom. The van der Waals surface area contributed by atoms with E-state index in [1.54, 1.807) is 29.5 Å². The van der Waals surface area contributed by atoms with Crippen LogP contribution in [0.3, 0.4) is 0 Å². The van der Waals surface area contributed by atoms with Crippen LogP contribution in [0.5, 0.6) is 0 Å². The number of amides is 1. The summed E-state index contributed by atoms with van der Waals surface area (Å²) < 4.78 is 1.64. The molecule has 2 rings (SSSR count). The van der Waals surface area contributed by atoms with Gasteiger partial charge in [0.15, 0.2) is 0 Å². The lowest BCUT2D eigenvalue weighted by Gasteiger charge is -2.06. The Hall–Kier alpha value is -2.22. The molecule has 0 aromatic carbocycles. The summed E-state index contributed by atoms with van der Waals surface area (Å²) in [6, 6.07) is -0.948. The van der Waals surface area contributed by atoms with Crippen molar-refractivity contribution in [1.29, 1.82) is 0 Å². The van der Waals surface area contributed by atoms with Crippen LogP contribution in [-0.4, -0.2) is 37.8 Å². The topological polar surface area (TPSA) is 97.1 Å². The molecule has 2 N–H and O–H groups in total. The van der Waals surface area contributed by atoms with Gasteiger partial charge in [0.1, 0.15) is 16.7 Å². The van der Waals surface area contributed by atoms with Crippen molar-refractivity contribution in [2.45, 2.75) is 13.0 Å². The first-order valence-electron chi connectivity index (χ1n) is 5.45. The van der Waals surface area contributed by atoms with E-state index in [-0.39, 0.29) is 5.69 Å². The first-order chi connectivity index (χ1) is 8.97. The number of carbonyl (C=O) groups is 2. The fourth-order valence-electron chi connectivity index (χ4n) is 1.37. The number of nitrogens with zero attached hydrogens (tertiary/aromatic N) is 3. The van der Waals surface area contributed by atoms with E-state index in [1.165, 1.54) is 18.3 Å². The fourth-order valence-corrected chi connectivity index (χ4v) is 2.15. The Labute approximate surface area is 112 Å². The van der Waals surface area contributed by atoms with Crippen LogP contribution < -0.4 is 5.32 Å². The van der Waals surface area contributed by atoms with Gasteiger partial charge in [0.25, 0.3) is 5.91 Å². The molecule has 0 bridgehead atoms. The second-order valence-corrected chi connectivity index (χ2v) is 4.83. The molecule has 1 amide bonds. The van der Waals surface area contributed by atoms with Crippen molar-refractivity contribution in [3.8, 4) is 10.6 Å². The van der Waals surface area contributed by atoms with Crippen molar-refractivity contribution in [2.24, 2.45) is 7.05 Å². The molecule has 2 aromatic heterocycles. The molecule has 0 unspecified atom stereocenters. The molecule has 2 heterocycles. The van der Waals surface area contributed by atoms with Crippen LogP contribution in [0.1, 0.15) is 17.4 Å². The molecule has 2 aromatic rings. The first-order valence-corrected chi connectivity index (χ1v) is 6.33. The molecule has 0 aliphatic heterocycles. The maximum Gasteiger partial charge on any atom is 0.325 e. The van der Waals surface area contributed by atoms with E-state index in [2.05, 4.69) is 15.4 Å². The van der Waals surface area contributed by atoms with E-state index >= 15 is 0 Å². The fraction of sp³-hybridized carbons (Fsp3) is 0.273. The second kappa shape index (κ2) is 5.19. The van der Waals surface area contributed by atoms with Crippen LogP contribution in [-0.2, 0) is 11.8 Å². The van der Waals surface area contributed by atoms with Gasteiger partial charge in [-0.25, -0.2) is 4.98 Å². The van der Waals surface area contributed by atoms with Gasteiger partial charge in [-0.15, -0.1) is 11.3 Å². The summed E-state index contributed by atoms with van der Waals surface area (Å²) in [6.07, 6.45) is 3.45. The number of aliphatic carboxylic acids is 1. The molecule has 0 aliphatic carbocycles. The number of aryl methyl sites for hydroxylation is 1. The van der Waals surface area contributed by atoms with Gasteiger partial charge in [0.05, 0.1) is 6.20 Å². The van der Waals surface area contributed by atoms with E-state index in [0.717, 1.165) is 5.56 Å². The molecule has 0 radical (unpaired) electrons. The minimum Gasteiger partial charge on any atom is -0.480 e. The van der Waals surface area contributed by atoms with E-state index < -0.39 is 17.9 Å². The van der Waals surface area contributed by atoms with Crippen LogP contribution in [0, 0.1) is 0 Å². The zero-order chi connectivity index (χ0) is 14.0. The number of rotatable bonds is 4. The molecule has 0 aliphatic rings. The molecule has 19 heavy (non-hydrogen) atoms. The van der Waals surface area contributed by atoms with E-state index in [0.29, 0.717) is 5.01 Å². The van der Waals surface area contributed by atoms with Gasteiger partial charge in [-0.1, -0.05) is 0 Å². The predicted molar refractivity (Wildman–Crippen MR) is 68.9 cm³/mol. The van der Waals surface area contributed by atoms with Gasteiger partial charge >= 0.3 is 5.97 Å². The predicted octanol–water partition coefficient (Wildman–Crippen LogP) is 0.747. The molecule has 1 atom stereocenters. The highest BCUT2D eigenvalue weighted by Crippen LogP contribution is 2.22. The Morgan fingerprint density at radius 3 is 2.84 bits per heavy atom. The summed E-state index contributed by atoms with van der Waals surface area (Å²) in [5, 5.41) is 17.4. The third kappa shape index (κ3) is 2.97. The van der Waals surface area contributed by atoms with Crippen LogP contribution >= 0.6 is 11.3 Å². The number of aromatic nitrogens is 3. The highest BCUT2D eigenvalue weighted by Gasteiger charge is 2.18. The molecule has 0 saturated carbocycles. The van der Waals surface area contributed by atoms with Crippen molar-refractivity contribution < 1.29 is 14.7 Å². The summed E-state index contributed by atoms with van der Waals surface area (Å²) >= 11 is 1.31.